The second-order valence-electron chi connectivity index (χ2n) is 6.77. The van der Waals surface area contributed by atoms with E-state index in [-0.39, 0.29) is 11.8 Å². The summed E-state index contributed by atoms with van der Waals surface area (Å²) in [4.78, 5) is 17.4. The number of nitrogens with zero attached hydrogens (tertiary/aromatic N) is 4. The van der Waals surface area contributed by atoms with Gasteiger partial charge in [0, 0.05) is 11.6 Å². The van der Waals surface area contributed by atoms with Crippen LogP contribution in [0, 0.1) is 20.8 Å². The van der Waals surface area contributed by atoms with Crippen LogP contribution in [0.1, 0.15) is 16.1 Å². The first-order valence-corrected chi connectivity index (χ1v) is 9.75. The van der Waals surface area contributed by atoms with Crippen molar-refractivity contribution in [3.05, 3.63) is 52.7 Å². The SMILES string of the molecule is Cc1nc2cc(Oc3ncc4nc(-c5cc(C)c([O])c(C)c5)oc4n3)ccc2s1. The van der Waals surface area contributed by atoms with E-state index in [9.17, 15) is 5.11 Å². The van der Waals surface area contributed by atoms with Gasteiger partial charge in [-0.1, -0.05) is 0 Å². The number of aryl methyl sites for hydroxylation is 3. The van der Waals surface area contributed by atoms with Gasteiger partial charge in [0.1, 0.15) is 11.3 Å². The van der Waals surface area contributed by atoms with Gasteiger partial charge in [0.2, 0.25) is 5.89 Å². The van der Waals surface area contributed by atoms with Crippen LogP contribution in [0.15, 0.2) is 40.9 Å². The van der Waals surface area contributed by atoms with Crippen LogP contribution in [0.25, 0.3) is 32.9 Å². The molecule has 0 unspecified atom stereocenters. The minimum absolute atomic E-state index is 0.0209. The molecule has 0 bridgehead atoms. The van der Waals surface area contributed by atoms with E-state index in [1.54, 1.807) is 43.5 Å². The molecule has 0 aliphatic rings. The van der Waals surface area contributed by atoms with E-state index in [1.807, 2.05) is 25.1 Å². The third-order valence-electron chi connectivity index (χ3n) is 4.51. The van der Waals surface area contributed by atoms with Gasteiger partial charge >= 0.3 is 6.01 Å². The molecule has 0 spiro atoms. The summed E-state index contributed by atoms with van der Waals surface area (Å²) in [6.07, 6.45) is 1.55. The Morgan fingerprint density at radius 1 is 0.966 bits per heavy atom. The first kappa shape index (κ1) is 17.6. The molecule has 5 aromatic rings. The van der Waals surface area contributed by atoms with E-state index in [0.717, 1.165) is 20.8 Å². The second-order valence-corrected chi connectivity index (χ2v) is 8.00. The lowest BCUT2D eigenvalue weighted by atomic mass is 10.1. The average Bonchev–Trinajstić information content (AvgIpc) is 3.27. The van der Waals surface area contributed by atoms with Gasteiger partial charge in [-0.25, -0.2) is 15.0 Å². The second kappa shape index (κ2) is 6.52. The van der Waals surface area contributed by atoms with Crippen LogP contribution in [-0.2, 0) is 5.11 Å². The van der Waals surface area contributed by atoms with Crippen LogP contribution in [0.5, 0.6) is 17.5 Å². The highest BCUT2D eigenvalue weighted by Gasteiger charge is 2.15. The molecule has 29 heavy (non-hydrogen) atoms. The third kappa shape index (κ3) is 3.17. The maximum atomic E-state index is 11.9. The molecule has 0 saturated carbocycles. The van der Waals surface area contributed by atoms with Gasteiger partial charge in [-0.05, 0) is 56.2 Å². The van der Waals surface area contributed by atoms with E-state index in [2.05, 4.69) is 19.9 Å². The molecule has 0 aliphatic carbocycles. The lowest BCUT2D eigenvalue weighted by Crippen LogP contribution is -1.91. The maximum Gasteiger partial charge on any atom is 0.325 e. The molecule has 0 atom stereocenters. The first-order valence-electron chi connectivity index (χ1n) is 8.93. The molecule has 143 valence electrons. The number of rotatable bonds is 3. The van der Waals surface area contributed by atoms with Crippen LogP contribution in [0.2, 0.25) is 0 Å². The van der Waals surface area contributed by atoms with E-state index in [0.29, 0.717) is 34.0 Å². The van der Waals surface area contributed by atoms with Crippen LogP contribution < -0.4 is 4.74 Å². The molecule has 5 rings (SSSR count). The van der Waals surface area contributed by atoms with Crippen molar-refractivity contribution < 1.29 is 14.3 Å². The Morgan fingerprint density at radius 3 is 2.55 bits per heavy atom. The molecule has 0 amide bonds. The van der Waals surface area contributed by atoms with Crippen molar-refractivity contribution in [2.75, 3.05) is 0 Å². The Kier molecular flexibility index (Phi) is 3.95. The van der Waals surface area contributed by atoms with Crippen LogP contribution in [0.3, 0.4) is 0 Å². The lowest BCUT2D eigenvalue weighted by molar-refractivity contribution is 0.348. The minimum atomic E-state index is 0.0209. The molecule has 3 aromatic heterocycles. The molecule has 8 heteroatoms. The summed E-state index contributed by atoms with van der Waals surface area (Å²) >= 11 is 1.63. The van der Waals surface area contributed by atoms with Gasteiger partial charge in [-0.2, -0.15) is 4.98 Å². The zero-order valence-electron chi connectivity index (χ0n) is 15.9. The standard InChI is InChI=1S/C21H15N4O3S/c1-10-6-13(7-11(2)18(10)26)19-24-16-9-22-21(25-20(16)28-19)27-14-4-5-17-15(8-14)23-12(3)29-17/h4-9H,1-3H3. The summed E-state index contributed by atoms with van der Waals surface area (Å²) in [5.41, 5.74) is 3.72. The number of hydrogen-bond donors (Lipinski definition) is 0. The van der Waals surface area contributed by atoms with Crippen molar-refractivity contribution in [3.8, 4) is 29.0 Å². The fraction of sp³-hybridized carbons (Fsp3) is 0.143. The fourth-order valence-electron chi connectivity index (χ4n) is 3.16. The van der Waals surface area contributed by atoms with E-state index in [4.69, 9.17) is 9.15 Å². The molecule has 0 saturated heterocycles. The Balaban J connectivity index is 1.48. The minimum Gasteiger partial charge on any atom is -0.424 e. The third-order valence-corrected chi connectivity index (χ3v) is 5.46. The highest BCUT2D eigenvalue weighted by molar-refractivity contribution is 7.18. The number of thiazole rings is 1. The van der Waals surface area contributed by atoms with E-state index in [1.165, 1.54) is 0 Å². The Morgan fingerprint density at radius 2 is 1.76 bits per heavy atom. The molecule has 0 N–H and O–H groups in total. The van der Waals surface area contributed by atoms with Gasteiger partial charge in [-0.3, -0.25) is 5.11 Å². The highest BCUT2D eigenvalue weighted by Crippen LogP contribution is 2.31. The molecular formula is C21H15N4O3S. The number of ether oxygens (including phenoxy) is 1. The summed E-state index contributed by atoms with van der Waals surface area (Å²) in [6, 6.07) is 9.36. The monoisotopic (exact) mass is 403 g/mol. The van der Waals surface area contributed by atoms with E-state index >= 15 is 0 Å². The van der Waals surface area contributed by atoms with Crippen LogP contribution in [0.4, 0.5) is 0 Å². The summed E-state index contributed by atoms with van der Waals surface area (Å²) < 4.78 is 12.7. The smallest absolute Gasteiger partial charge is 0.325 e. The number of hydrogen-bond acceptors (Lipinski definition) is 7. The Bertz CT molecular complexity index is 1370. The summed E-state index contributed by atoms with van der Waals surface area (Å²) in [5, 5.41) is 12.9. The zero-order chi connectivity index (χ0) is 20.1. The van der Waals surface area contributed by atoms with Crippen LogP contribution in [-0.4, -0.2) is 19.9 Å². The van der Waals surface area contributed by atoms with Crippen molar-refractivity contribution >= 4 is 32.8 Å². The molecule has 0 fully saturated rings. The van der Waals surface area contributed by atoms with Crippen molar-refractivity contribution in [2.45, 2.75) is 20.8 Å². The Labute approximate surface area is 169 Å². The van der Waals surface area contributed by atoms with Gasteiger partial charge in [0.05, 0.1) is 21.4 Å². The first-order chi connectivity index (χ1) is 14.0. The predicted octanol–water partition coefficient (Wildman–Crippen LogP) is 5.76. The molecule has 3 heterocycles. The zero-order valence-corrected chi connectivity index (χ0v) is 16.7. The van der Waals surface area contributed by atoms with Gasteiger partial charge in [-0.15, -0.1) is 11.3 Å². The largest absolute Gasteiger partial charge is 0.424 e. The summed E-state index contributed by atoms with van der Waals surface area (Å²) in [5.74, 6) is 1.00. The number of oxazole rings is 1. The maximum absolute atomic E-state index is 11.9. The topological polar surface area (TPSA) is 93.8 Å². The van der Waals surface area contributed by atoms with Crippen molar-refractivity contribution in [2.24, 2.45) is 0 Å². The lowest BCUT2D eigenvalue weighted by Gasteiger charge is -2.02. The number of aromatic nitrogens is 4. The van der Waals surface area contributed by atoms with Gasteiger partial charge in [0.25, 0.3) is 5.71 Å². The molecular weight excluding hydrogens is 388 g/mol. The fourth-order valence-corrected chi connectivity index (χ4v) is 3.97. The van der Waals surface area contributed by atoms with Crippen LogP contribution >= 0.6 is 11.3 Å². The normalized spacial score (nSPS) is 11.4. The van der Waals surface area contributed by atoms with Gasteiger partial charge in [0.15, 0.2) is 5.75 Å². The quantitative estimate of drug-likeness (QED) is 0.380. The highest BCUT2D eigenvalue weighted by atomic mass is 32.1. The molecule has 2 aromatic carbocycles. The van der Waals surface area contributed by atoms with Gasteiger partial charge < -0.3 is 9.15 Å². The number of fused-ring (bicyclic) bond motifs is 2. The summed E-state index contributed by atoms with van der Waals surface area (Å²) in [7, 11) is 0. The average molecular weight is 403 g/mol. The van der Waals surface area contributed by atoms with E-state index < -0.39 is 0 Å². The molecule has 0 aliphatic heterocycles. The predicted molar refractivity (Wildman–Crippen MR) is 109 cm³/mol. The van der Waals surface area contributed by atoms with Crippen molar-refractivity contribution in [1.82, 2.24) is 19.9 Å². The molecule has 1 radical (unpaired) electrons. The number of benzene rings is 2. The molecule has 7 nitrogen and oxygen atoms in total. The summed E-state index contributed by atoms with van der Waals surface area (Å²) in [6.45, 7) is 5.51. The van der Waals surface area contributed by atoms with Crippen molar-refractivity contribution in [3.63, 3.8) is 0 Å². The van der Waals surface area contributed by atoms with Crippen molar-refractivity contribution in [1.29, 1.82) is 0 Å². The Hall–Kier alpha value is -3.52.